The summed E-state index contributed by atoms with van der Waals surface area (Å²) in [7, 11) is 0. The van der Waals surface area contributed by atoms with E-state index in [0.717, 1.165) is 11.1 Å². The largest absolute Gasteiger partial charge is 0.354 e. The van der Waals surface area contributed by atoms with E-state index in [9.17, 15) is 14.4 Å². The van der Waals surface area contributed by atoms with E-state index in [2.05, 4.69) is 10.6 Å². The summed E-state index contributed by atoms with van der Waals surface area (Å²) in [6.45, 7) is 4.36. The molecule has 0 saturated heterocycles. The Balaban J connectivity index is 2.07. The highest BCUT2D eigenvalue weighted by Gasteiger charge is 2.28. The van der Waals surface area contributed by atoms with E-state index in [1.54, 1.807) is 5.48 Å². The summed E-state index contributed by atoms with van der Waals surface area (Å²) >= 11 is 0. The highest BCUT2D eigenvalue weighted by molar-refractivity contribution is 5.90. The monoisotopic (exact) mass is 439 g/mol. The zero-order valence-electron chi connectivity index (χ0n) is 18.7. The number of hydrogen-bond donors (Lipinski definition) is 4. The van der Waals surface area contributed by atoms with E-state index < -0.39 is 17.9 Å². The molecule has 0 saturated carbocycles. The molecule has 0 radical (unpaired) electrons. The van der Waals surface area contributed by atoms with Crippen molar-refractivity contribution >= 4 is 17.7 Å². The fraction of sp³-hybridized carbons (Fsp3) is 0.400. The molecule has 2 atom stereocenters. The number of amides is 3. The smallest absolute Gasteiger partial charge is 0.244 e. The van der Waals surface area contributed by atoms with Gasteiger partial charge in [0.05, 0.1) is 0 Å². The van der Waals surface area contributed by atoms with E-state index in [0.29, 0.717) is 25.8 Å². The highest BCUT2D eigenvalue weighted by Crippen LogP contribution is 2.17. The van der Waals surface area contributed by atoms with E-state index in [-0.39, 0.29) is 24.2 Å². The first-order valence-electron chi connectivity index (χ1n) is 11.0. The molecule has 0 aliphatic rings. The van der Waals surface area contributed by atoms with Gasteiger partial charge in [0.25, 0.3) is 0 Å². The lowest BCUT2D eigenvalue weighted by Gasteiger charge is -2.23. The average molecular weight is 440 g/mol. The van der Waals surface area contributed by atoms with Gasteiger partial charge in [-0.05, 0) is 29.9 Å². The fourth-order valence-corrected chi connectivity index (χ4v) is 3.57. The number of rotatable bonds is 12. The van der Waals surface area contributed by atoms with Crippen molar-refractivity contribution < 1.29 is 19.6 Å². The van der Waals surface area contributed by atoms with Crippen molar-refractivity contribution in [2.45, 2.75) is 45.6 Å². The minimum absolute atomic E-state index is 0.145. The molecule has 0 spiro atoms. The predicted octanol–water partition coefficient (Wildman–Crippen LogP) is 2.63. The van der Waals surface area contributed by atoms with Crippen LogP contribution in [0.2, 0.25) is 0 Å². The molecule has 7 heteroatoms. The Morgan fingerprint density at radius 3 is 2.03 bits per heavy atom. The second-order valence-corrected chi connectivity index (χ2v) is 8.34. The Bertz CT molecular complexity index is 856. The van der Waals surface area contributed by atoms with Crippen molar-refractivity contribution in [2.24, 2.45) is 11.8 Å². The van der Waals surface area contributed by atoms with Crippen LogP contribution >= 0.6 is 0 Å². The number of hydrogen-bond acceptors (Lipinski definition) is 4. The van der Waals surface area contributed by atoms with Crippen molar-refractivity contribution in [3.63, 3.8) is 0 Å². The minimum Gasteiger partial charge on any atom is -0.354 e. The third-order valence-electron chi connectivity index (χ3n) is 5.15. The summed E-state index contributed by atoms with van der Waals surface area (Å²) in [6.07, 6.45) is 1.34. The molecule has 7 nitrogen and oxygen atoms in total. The van der Waals surface area contributed by atoms with Crippen LogP contribution in [0, 0.1) is 11.8 Å². The Hall–Kier alpha value is -3.19. The average Bonchev–Trinajstić information content (AvgIpc) is 2.79. The van der Waals surface area contributed by atoms with Gasteiger partial charge < -0.3 is 10.6 Å². The second kappa shape index (κ2) is 13.3. The number of hydroxylamine groups is 1. The molecular weight excluding hydrogens is 406 g/mol. The minimum atomic E-state index is -0.771. The molecule has 0 fully saturated rings. The van der Waals surface area contributed by atoms with Crippen molar-refractivity contribution in [2.75, 3.05) is 6.54 Å². The van der Waals surface area contributed by atoms with Gasteiger partial charge in [-0.15, -0.1) is 0 Å². The molecule has 4 N–H and O–H groups in total. The van der Waals surface area contributed by atoms with Gasteiger partial charge in [0.15, 0.2) is 0 Å². The molecule has 172 valence electrons. The summed E-state index contributed by atoms with van der Waals surface area (Å²) in [5.74, 6) is -1.74. The van der Waals surface area contributed by atoms with Crippen LogP contribution in [0.15, 0.2) is 60.7 Å². The van der Waals surface area contributed by atoms with Crippen molar-refractivity contribution in [1.82, 2.24) is 16.1 Å². The van der Waals surface area contributed by atoms with Gasteiger partial charge in [0.2, 0.25) is 17.7 Å². The zero-order valence-corrected chi connectivity index (χ0v) is 18.7. The Labute approximate surface area is 189 Å². The van der Waals surface area contributed by atoms with Crippen LogP contribution in [0.4, 0.5) is 0 Å². The standard InChI is InChI=1S/C25H33N3O4/c1-18(2)15-21(17-23(29)28-32)24(30)27-22(16-20-11-7-4-8-12-20)25(31)26-14-13-19-9-5-3-6-10-19/h3-12,18,21-22,32H,13-17H2,1-2H3,(H,26,31)(H,27,30)(H,28,29)/t21-,22+/m1/s1. The number of nitrogens with one attached hydrogen (secondary N) is 3. The lowest BCUT2D eigenvalue weighted by molar-refractivity contribution is -0.136. The lowest BCUT2D eigenvalue weighted by Crippen LogP contribution is -2.50. The van der Waals surface area contributed by atoms with Gasteiger partial charge in [-0.1, -0.05) is 74.5 Å². The second-order valence-electron chi connectivity index (χ2n) is 8.34. The number of carbonyl (C=O) groups excluding carboxylic acids is 3. The van der Waals surface area contributed by atoms with Crippen molar-refractivity contribution in [3.05, 3.63) is 71.8 Å². The molecule has 0 unspecified atom stereocenters. The lowest BCUT2D eigenvalue weighted by atomic mass is 9.92. The van der Waals surface area contributed by atoms with Crippen LogP contribution in [0.3, 0.4) is 0 Å². The molecule has 0 aliphatic carbocycles. The molecule has 3 amide bonds. The first-order chi connectivity index (χ1) is 15.4. The summed E-state index contributed by atoms with van der Waals surface area (Å²) in [6, 6.07) is 18.5. The molecule has 0 aromatic heterocycles. The van der Waals surface area contributed by atoms with Gasteiger partial charge in [-0.3, -0.25) is 19.6 Å². The summed E-state index contributed by atoms with van der Waals surface area (Å²) in [4.78, 5) is 37.6. The molecule has 0 aliphatic heterocycles. The Morgan fingerprint density at radius 2 is 1.47 bits per heavy atom. The van der Waals surface area contributed by atoms with Crippen LogP contribution in [-0.2, 0) is 27.2 Å². The Kier molecular flexibility index (Phi) is 10.4. The quantitative estimate of drug-likeness (QED) is 0.301. The third-order valence-corrected chi connectivity index (χ3v) is 5.15. The van der Waals surface area contributed by atoms with Crippen LogP contribution in [0.1, 0.15) is 37.8 Å². The maximum absolute atomic E-state index is 13.0. The summed E-state index contributed by atoms with van der Waals surface area (Å²) in [5.41, 5.74) is 3.62. The summed E-state index contributed by atoms with van der Waals surface area (Å²) < 4.78 is 0. The van der Waals surface area contributed by atoms with E-state index in [1.807, 2.05) is 74.5 Å². The first kappa shape index (κ1) is 25.1. The Morgan fingerprint density at radius 1 is 0.875 bits per heavy atom. The zero-order chi connectivity index (χ0) is 23.3. The third kappa shape index (κ3) is 8.89. The van der Waals surface area contributed by atoms with Crippen molar-refractivity contribution in [1.29, 1.82) is 0 Å². The van der Waals surface area contributed by atoms with Gasteiger partial charge in [0, 0.05) is 25.3 Å². The normalized spacial score (nSPS) is 12.6. The van der Waals surface area contributed by atoms with Crippen LogP contribution < -0.4 is 16.1 Å². The maximum atomic E-state index is 13.0. The molecule has 2 aromatic rings. The molecule has 32 heavy (non-hydrogen) atoms. The van der Waals surface area contributed by atoms with E-state index in [4.69, 9.17) is 5.21 Å². The SMILES string of the molecule is CC(C)C[C@H](CC(=O)NO)C(=O)N[C@@H](Cc1ccccc1)C(=O)NCCc1ccccc1. The van der Waals surface area contributed by atoms with Crippen LogP contribution in [-0.4, -0.2) is 35.5 Å². The fourth-order valence-electron chi connectivity index (χ4n) is 3.57. The maximum Gasteiger partial charge on any atom is 0.244 e. The molecular formula is C25H33N3O4. The van der Waals surface area contributed by atoms with Gasteiger partial charge in [-0.25, -0.2) is 5.48 Å². The molecule has 2 rings (SSSR count). The van der Waals surface area contributed by atoms with E-state index >= 15 is 0 Å². The highest BCUT2D eigenvalue weighted by atomic mass is 16.5. The first-order valence-corrected chi connectivity index (χ1v) is 11.0. The number of benzene rings is 2. The van der Waals surface area contributed by atoms with Gasteiger partial charge in [0.1, 0.15) is 6.04 Å². The van der Waals surface area contributed by atoms with Gasteiger partial charge in [-0.2, -0.15) is 0 Å². The molecule has 0 heterocycles. The molecule has 2 aromatic carbocycles. The van der Waals surface area contributed by atoms with Crippen LogP contribution in [0.25, 0.3) is 0 Å². The van der Waals surface area contributed by atoms with Crippen LogP contribution in [0.5, 0.6) is 0 Å². The van der Waals surface area contributed by atoms with Gasteiger partial charge >= 0.3 is 0 Å². The van der Waals surface area contributed by atoms with Crippen molar-refractivity contribution in [3.8, 4) is 0 Å². The number of carbonyl (C=O) groups is 3. The van der Waals surface area contributed by atoms with E-state index in [1.165, 1.54) is 0 Å². The summed E-state index contributed by atoms with van der Waals surface area (Å²) in [5, 5.41) is 14.6. The topological polar surface area (TPSA) is 108 Å². The predicted molar refractivity (Wildman–Crippen MR) is 123 cm³/mol. The molecule has 0 bridgehead atoms.